The lowest BCUT2D eigenvalue weighted by Crippen LogP contribution is -2.47. The predicted molar refractivity (Wildman–Crippen MR) is 112 cm³/mol. The van der Waals surface area contributed by atoms with Gasteiger partial charge in [0.05, 0.1) is 39.2 Å². The summed E-state index contributed by atoms with van der Waals surface area (Å²) in [6, 6.07) is 3.33. The summed E-state index contributed by atoms with van der Waals surface area (Å²) in [4.78, 5) is 18.5. The first kappa shape index (κ1) is 20.7. The normalized spacial score (nSPS) is 24.3. The minimum absolute atomic E-state index is 0.0274. The summed E-state index contributed by atoms with van der Waals surface area (Å²) in [5.41, 5.74) is 3.68. The fourth-order valence-electron chi connectivity index (χ4n) is 5.33. The van der Waals surface area contributed by atoms with Gasteiger partial charge in [0.15, 0.2) is 11.6 Å². The summed E-state index contributed by atoms with van der Waals surface area (Å²) in [5, 5.41) is 0.835. The SMILES string of the molecule is CC[C@@H]1CN2CCc3c([nH]c4ccc(F)c(OC)c34)[C@@H]2C[C@@H]1/C(=C\OC)C(=O)OC. The number of nitrogens with one attached hydrogen (secondary N) is 1. The van der Waals surface area contributed by atoms with Crippen LogP contribution in [0.3, 0.4) is 0 Å². The van der Waals surface area contributed by atoms with Crippen LogP contribution < -0.4 is 4.74 Å². The van der Waals surface area contributed by atoms with Crippen LogP contribution >= 0.6 is 0 Å². The van der Waals surface area contributed by atoms with Crippen molar-refractivity contribution in [3.63, 3.8) is 0 Å². The summed E-state index contributed by atoms with van der Waals surface area (Å²) in [5.74, 6) is -0.0333. The number of carbonyl (C=O) groups excluding carboxylic acids is 1. The van der Waals surface area contributed by atoms with E-state index in [1.165, 1.54) is 26.5 Å². The Labute approximate surface area is 176 Å². The molecular formula is C23H29FN2O4. The van der Waals surface area contributed by atoms with Crippen molar-refractivity contribution in [1.82, 2.24) is 9.88 Å². The number of halogens is 1. The molecule has 0 radical (unpaired) electrons. The van der Waals surface area contributed by atoms with E-state index in [4.69, 9.17) is 14.2 Å². The zero-order valence-electron chi connectivity index (χ0n) is 18.0. The molecule has 1 aromatic carbocycles. The van der Waals surface area contributed by atoms with E-state index in [0.29, 0.717) is 17.2 Å². The minimum atomic E-state index is -0.349. The smallest absolute Gasteiger partial charge is 0.337 e. The number of hydrogen-bond donors (Lipinski definition) is 1. The summed E-state index contributed by atoms with van der Waals surface area (Å²) in [7, 11) is 4.46. The number of methoxy groups -OCH3 is 3. The predicted octanol–water partition coefficient (Wildman–Crippen LogP) is 3.96. The van der Waals surface area contributed by atoms with Gasteiger partial charge in [-0.15, -0.1) is 0 Å². The summed E-state index contributed by atoms with van der Waals surface area (Å²) >= 11 is 0. The average Bonchev–Trinajstić information content (AvgIpc) is 3.15. The molecule has 2 aliphatic heterocycles. The minimum Gasteiger partial charge on any atom is -0.504 e. The van der Waals surface area contributed by atoms with Crippen LogP contribution in [-0.4, -0.2) is 50.3 Å². The maximum Gasteiger partial charge on any atom is 0.337 e. The first-order chi connectivity index (χ1) is 14.5. The summed E-state index contributed by atoms with van der Waals surface area (Å²) in [6.45, 7) is 3.95. The summed E-state index contributed by atoms with van der Waals surface area (Å²) < 4.78 is 30.0. The molecule has 3 atom stereocenters. The number of benzene rings is 1. The van der Waals surface area contributed by atoms with Crippen LogP contribution in [0.25, 0.3) is 10.9 Å². The molecule has 0 saturated carbocycles. The van der Waals surface area contributed by atoms with Crippen LogP contribution in [-0.2, 0) is 20.7 Å². The molecule has 4 rings (SSSR count). The van der Waals surface area contributed by atoms with Crippen molar-refractivity contribution >= 4 is 16.9 Å². The van der Waals surface area contributed by atoms with Crippen LogP contribution in [0.1, 0.15) is 37.1 Å². The standard InChI is InChI=1S/C23H29FN2O4/c1-5-13-11-26-9-8-14-20-18(7-6-17(24)22(20)29-3)25-21(14)19(26)10-15(13)16(12-28-2)23(27)30-4/h6-7,12-13,15,19,25H,5,8-11H2,1-4H3/b16-12+/t13-,15+,19+/m1/s1. The molecule has 0 unspecified atom stereocenters. The van der Waals surface area contributed by atoms with Gasteiger partial charge >= 0.3 is 5.97 Å². The van der Waals surface area contributed by atoms with Gasteiger partial charge in [0.1, 0.15) is 0 Å². The number of fused-ring (bicyclic) bond motifs is 5. The first-order valence-corrected chi connectivity index (χ1v) is 10.5. The third kappa shape index (κ3) is 3.25. The number of rotatable bonds is 5. The number of ether oxygens (including phenoxy) is 3. The molecule has 1 N–H and O–H groups in total. The molecule has 1 saturated heterocycles. The van der Waals surface area contributed by atoms with Gasteiger partial charge in [-0.25, -0.2) is 9.18 Å². The molecule has 30 heavy (non-hydrogen) atoms. The van der Waals surface area contributed by atoms with E-state index < -0.39 is 0 Å². The van der Waals surface area contributed by atoms with Crippen LogP contribution in [0.4, 0.5) is 4.39 Å². The lowest BCUT2D eigenvalue weighted by atomic mass is 9.74. The molecular weight excluding hydrogens is 387 g/mol. The Kier molecular flexibility index (Phi) is 5.73. The Morgan fingerprint density at radius 1 is 1.33 bits per heavy atom. The van der Waals surface area contributed by atoms with Crippen molar-refractivity contribution in [2.75, 3.05) is 34.4 Å². The number of aromatic amines is 1. The van der Waals surface area contributed by atoms with E-state index in [2.05, 4.69) is 16.8 Å². The Morgan fingerprint density at radius 3 is 2.80 bits per heavy atom. The van der Waals surface area contributed by atoms with E-state index in [1.54, 1.807) is 13.2 Å². The molecule has 0 aliphatic carbocycles. The van der Waals surface area contributed by atoms with E-state index in [-0.39, 0.29) is 23.7 Å². The molecule has 1 aromatic heterocycles. The molecule has 7 heteroatoms. The van der Waals surface area contributed by atoms with Gasteiger partial charge in [0.2, 0.25) is 0 Å². The largest absolute Gasteiger partial charge is 0.504 e. The number of nitrogens with zero attached hydrogens (tertiary/aromatic N) is 1. The second kappa shape index (κ2) is 8.30. The second-order valence-electron chi connectivity index (χ2n) is 8.09. The lowest BCUT2D eigenvalue weighted by Gasteiger charge is -2.46. The third-order valence-corrected chi connectivity index (χ3v) is 6.74. The van der Waals surface area contributed by atoms with Crippen LogP contribution in [0, 0.1) is 17.7 Å². The highest BCUT2D eigenvalue weighted by Crippen LogP contribution is 2.47. The quantitative estimate of drug-likeness (QED) is 0.454. The molecule has 1 fully saturated rings. The highest BCUT2D eigenvalue weighted by molar-refractivity contribution is 5.91. The fraction of sp³-hybridized carbons (Fsp3) is 0.522. The molecule has 0 amide bonds. The van der Waals surface area contributed by atoms with Crippen LogP contribution in [0.5, 0.6) is 5.75 Å². The van der Waals surface area contributed by atoms with Crippen molar-refractivity contribution in [1.29, 1.82) is 0 Å². The van der Waals surface area contributed by atoms with Crippen LogP contribution in [0.15, 0.2) is 24.0 Å². The Morgan fingerprint density at radius 2 is 2.13 bits per heavy atom. The van der Waals surface area contributed by atoms with Gasteiger partial charge in [-0.3, -0.25) is 4.90 Å². The second-order valence-corrected chi connectivity index (χ2v) is 8.09. The van der Waals surface area contributed by atoms with Gasteiger partial charge < -0.3 is 19.2 Å². The molecule has 6 nitrogen and oxygen atoms in total. The maximum atomic E-state index is 14.4. The number of esters is 1. The van der Waals surface area contributed by atoms with Gasteiger partial charge in [0.25, 0.3) is 0 Å². The van der Waals surface area contributed by atoms with E-state index in [0.717, 1.165) is 54.5 Å². The topological polar surface area (TPSA) is 63.8 Å². The Balaban J connectivity index is 1.78. The fourth-order valence-corrected chi connectivity index (χ4v) is 5.33. The number of carbonyl (C=O) groups is 1. The molecule has 2 aromatic rings. The average molecular weight is 416 g/mol. The first-order valence-electron chi connectivity index (χ1n) is 10.5. The Hall–Kier alpha value is -2.54. The molecule has 162 valence electrons. The lowest BCUT2D eigenvalue weighted by molar-refractivity contribution is -0.137. The molecule has 0 bridgehead atoms. The third-order valence-electron chi connectivity index (χ3n) is 6.74. The van der Waals surface area contributed by atoms with Gasteiger partial charge in [-0.05, 0) is 42.4 Å². The molecule has 0 spiro atoms. The van der Waals surface area contributed by atoms with Gasteiger partial charge in [0, 0.05) is 29.7 Å². The number of piperidine rings is 1. The molecule has 3 heterocycles. The number of hydrogen-bond acceptors (Lipinski definition) is 5. The zero-order chi connectivity index (χ0) is 21.4. The van der Waals surface area contributed by atoms with Crippen LogP contribution in [0.2, 0.25) is 0 Å². The zero-order valence-corrected chi connectivity index (χ0v) is 18.0. The highest BCUT2D eigenvalue weighted by atomic mass is 19.1. The van der Waals surface area contributed by atoms with Crippen molar-refractivity contribution in [3.8, 4) is 5.75 Å². The van der Waals surface area contributed by atoms with Crippen molar-refractivity contribution in [3.05, 3.63) is 41.0 Å². The van der Waals surface area contributed by atoms with Crippen molar-refractivity contribution < 1.29 is 23.4 Å². The highest BCUT2D eigenvalue weighted by Gasteiger charge is 2.42. The summed E-state index contributed by atoms with van der Waals surface area (Å²) in [6.07, 6.45) is 4.10. The molecule has 2 aliphatic rings. The van der Waals surface area contributed by atoms with Gasteiger partial charge in [-0.1, -0.05) is 13.3 Å². The van der Waals surface area contributed by atoms with E-state index >= 15 is 0 Å². The monoisotopic (exact) mass is 416 g/mol. The number of aromatic nitrogens is 1. The number of H-pyrrole nitrogens is 1. The van der Waals surface area contributed by atoms with E-state index in [9.17, 15) is 9.18 Å². The van der Waals surface area contributed by atoms with Crippen molar-refractivity contribution in [2.24, 2.45) is 11.8 Å². The Bertz CT molecular complexity index is 983. The van der Waals surface area contributed by atoms with Gasteiger partial charge in [-0.2, -0.15) is 0 Å². The van der Waals surface area contributed by atoms with Crippen molar-refractivity contribution in [2.45, 2.75) is 32.2 Å². The van der Waals surface area contributed by atoms with E-state index in [1.807, 2.05) is 0 Å². The maximum absolute atomic E-state index is 14.4.